The second-order valence-electron chi connectivity index (χ2n) is 4.73. The molecule has 0 heterocycles. The van der Waals surface area contributed by atoms with Gasteiger partial charge in [0, 0.05) is 23.4 Å². The molecule has 2 aromatic rings. The van der Waals surface area contributed by atoms with Crippen LogP contribution in [0.15, 0.2) is 53.6 Å². The van der Waals surface area contributed by atoms with Crippen LogP contribution in [0.25, 0.3) is 0 Å². The molecule has 2 N–H and O–H groups in total. The summed E-state index contributed by atoms with van der Waals surface area (Å²) < 4.78 is 4.99. The molecule has 2 aromatic carbocycles. The maximum atomic E-state index is 11.7. The SMILES string of the molecule is COc1ccc(NC(=O)C(=O)N/N=C/c2cccc([N+](=O)[O-])c2)cc1. The third kappa shape index (κ3) is 5.13. The number of methoxy groups -OCH3 is 1. The fraction of sp³-hybridized carbons (Fsp3) is 0.0625. The number of hydrogen-bond acceptors (Lipinski definition) is 6. The van der Waals surface area contributed by atoms with E-state index in [1.54, 1.807) is 30.3 Å². The molecule has 0 radical (unpaired) electrons. The van der Waals surface area contributed by atoms with Gasteiger partial charge in [0.25, 0.3) is 5.69 Å². The maximum absolute atomic E-state index is 11.7. The van der Waals surface area contributed by atoms with Crippen molar-refractivity contribution in [2.75, 3.05) is 12.4 Å². The molecule has 0 aliphatic carbocycles. The molecule has 0 saturated carbocycles. The first-order chi connectivity index (χ1) is 12.0. The van der Waals surface area contributed by atoms with Crippen LogP contribution in [-0.4, -0.2) is 30.1 Å². The van der Waals surface area contributed by atoms with Crippen molar-refractivity contribution < 1.29 is 19.2 Å². The zero-order valence-corrected chi connectivity index (χ0v) is 13.1. The highest BCUT2D eigenvalue weighted by Crippen LogP contribution is 2.14. The molecule has 0 bridgehead atoms. The lowest BCUT2D eigenvalue weighted by Crippen LogP contribution is -2.32. The molecule has 2 amide bonds. The van der Waals surface area contributed by atoms with Crippen LogP contribution < -0.4 is 15.5 Å². The molecule has 0 fully saturated rings. The summed E-state index contributed by atoms with van der Waals surface area (Å²) in [6.07, 6.45) is 1.20. The van der Waals surface area contributed by atoms with E-state index in [0.29, 0.717) is 17.0 Å². The molecule has 9 heteroatoms. The van der Waals surface area contributed by atoms with Crippen molar-refractivity contribution in [1.82, 2.24) is 5.43 Å². The van der Waals surface area contributed by atoms with Crippen molar-refractivity contribution in [3.63, 3.8) is 0 Å². The molecular formula is C16H14N4O5. The third-order valence-electron chi connectivity index (χ3n) is 3.01. The van der Waals surface area contributed by atoms with Gasteiger partial charge >= 0.3 is 11.8 Å². The number of carbonyl (C=O) groups is 2. The number of nitrogens with one attached hydrogen (secondary N) is 2. The average Bonchev–Trinajstić information content (AvgIpc) is 2.62. The fourth-order valence-electron chi connectivity index (χ4n) is 1.80. The van der Waals surface area contributed by atoms with Crippen LogP contribution in [0.5, 0.6) is 5.75 Å². The summed E-state index contributed by atoms with van der Waals surface area (Å²) in [4.78, 5) is 33.5. The number of benzene rings is 2. The van der Waals surface area contributed by atoms with E-state index >= 15 is 0 Å². The Labute approximate surface area is 142 Å². The number of hydrazone groups is 1. The van der Waals surface area contributed by atoms with Crippen LogP contribution in [0.2, 0.25) is 0 Å². The maximum Gasteiger partial charge on any atom is 0.329 e. The number of rotatable bonds is 5. The number of carbonyl (C=O) groups excluding carboxylic acids is 2. The van der Waals surface area contributed by atoms with Gasteiger partial charge in [-0.15, -0.1) is 0 Å². The molecular weight excluding hydrogens is 328 g/mol. The molecule has 0 aromatic heterocycles. The number of hydrogen-bond donors (Lipinski definition) is 2. The summed E-state index contributed by atoms with van der Waals surface area (Å²) in [5.74, 6) is -1.26. The highest BCUT2D eigenvalue weighted by atomic mass is 16.6. The number of ether oxygens (including phenoxy) is 1. The van der Waals surface area contributed by atoms with Crippen molar-refractivity contribution in [3.8, 4) is 5.75 Å². The Hall–Kier alpha value is -3.75. The standard InChI is InChI=1S/C16H14N4O5/c1-25-14-7-5-12(6-8-14)18-15(21)16(22)19-17-10-11-3-2-4-13(9-11)20(23)24/h2-10H,1H3,(H,18,21)(H,19,22)/b17-10+. The Morgan fingerprint density at radius 3 is 2.52 bits per heavy atom. The van der Waals surface area contributed by atoms with E-state index in [1.165, 1.54) is 31.5 Å². The van der Waals surface area contributed by atoms with Gasteiger partial charge in [-0.3, -0.25) is 19.7 Å². The minimum atomic E-state index is -0.975. The first-order valence-corrected chi connectivity index (χ1v) is 7.02. The Kier molecular flexibility index (Phi) is 5.77. The molecule has 25 heavy (non-hydrogen) atoms. The van der Waals surface area contributed by atoms with Gasteiger partial charge in [0.1, 0.15) is 5.75 Å². The summed E-state index contributed by atoms with van der Waals surface area (Å²) in [5.41, 5.74) is 2.77. The zero-order valence-electron chi connectivity index (χ0n) is 13.1. The number of nitro groups is 1. The van der Waals surface area contributed by atoms with Crippen molar-refractivity contribution in [2.45, 2.75) is 0 Å². The van der Waals surface area contributed by atoms with E-state index in [-0.39, 0.29) is 5.69 Å². The number of non-ortho nitro benzene ring substituents is 1. The minimum Gasteiger partial charge on any atom is -0.497 e. The van der Waals surface area contributed by atoms with Crippen molar-refractivity contribution in [3.05, 3.63) is 64.2 Å². The molecule has 0 aliphatic rings. The quantitative estimate of drug-likeness (QED) is 0.370. The normalized spacial score (nSPS) is 10.3. The van der Waals surface area contributed by atoms with Crippen LogP contribution in [0.1, 0.15) is 5.56 Å². The lowest BCUT2D eigenvalue weighted by atomic mass is 10.2. The summed E-state index contributed by atoms with van der Waals surface area (Å²) in [7, 11) is 1.51. The topological polar surface area (TPSA) is 123 Å². The van der Waals surface area contributed by atoms with E-state index < -0.39 is 16.7 Å². The van der Waals surface area contributed by atoms with Crippen molar-refractivity contribution in [1.29, 1.82) is 0 Å². The van der Waals surface area contributed by atoms with E-state index in [0.717, 1.165) is 0 Å². The van der Waals surface area contributed by atoms with Gasteiger partial charge in [-0.25, -0.2) is 5.43 Å². The fourth-order valence-corrected chi connectivity index (χ4v) is 1.80. The van der Waals surface area contributed by atoms with E-state index in [1.807, 2.05) is 5.43 Å². The van der Waals surface area contributed by atoms with Crippen molar-refractivity contribution >= 4 is 29.4 Å². The minimum absolute atomic E-state index is 0.104. The van der Waals surface area contributed by atoms with Crippen LogP contribution in [0.3, 0.4) is 0 Å². The second-order valence-corrected chi connectivity index (χ2v) is 4.73. The second kappa shape index (κ2) is 8.20. The largest absolute Gasteiger partial charge is 0.497 e. The highest BCUT2D eigenvalue weighted by molar-refractivity contribution is 6.39. The number of nitrogens with zero attached hydrogens (tertiary/aromatic N) is 2. The van der Waals surface area contributed by atoms with Gasteiger partial charge < -0.3 is 10.1 Å². The Morgan fingerprint density at radius 2 is 1.88 bits per heavy atom. The Balaban J connectivity index is 1.91. The molecule has 0 unspecified atom stereocenters. The van der Waals surface area contributed by atoms with Crippen molar-refractivity contribution in [2.24, 2.45) is 5.10 Å². The highest BCUT2D eigenvalue weighted by Gasteiger charge is 2.12. The predicted octanol–water partition coefficient (Wildman–Crippen LogP) is 1.69. The molecule has 128 valence electrons. The van der Waals surface area contributed by atoms with E-state index in [9.17, 15) is 19.7 Å². The summed E-state index contributed by atoms with van der Waals surface area (Å²) >= 11 is 0. The third-order valence-corrected chi connectivity index (χ3v) is 3.01. The summed E-state index contributed by atoms with van der Waals surface area (Å²) in [6, 6.07) is 12.1. The predicted molar refractivity (Wildman–Crippen MR) is 90.5 cm³/mol. The van der Waals surface area contributed by atoms with Gasteiger partial charge in [-0.2, -0.15) is 5.10 Å². The molecule has 0 aliphatic heterocycles. The number of anilines is 1. The summed E-state index contributed by atoms with van der Waals surface area (Å²) in [5, 5.41) is 16.7. The first kappa shape index (κ1) is 17.6. The molecule has 2 rings (SSSR count). The van der Waals surface area contributed by atoms with Gasteiger partial charge in [0.15, 0.2) is 0 Å². The van der Waals surface area contributed by atoms with Crippen LogP contribution >= 0.6 is 0 Å². The van der Waals surface area contributed by atoms with E-state index in [4.69, 9.17) is 4.74 Å². The lowest BCUT2D eigenvalue weighted by Gasteiger charge is -2.05. The summed E-state index contributed by atoms with van der Waals surface area (Å²) in [6.45, 7) is 0. The smallest absolute Gasteiger partial charge is 0.329 e. The molecule has 0 saturated heterocycles. The van der Waals surface area contributed by atoms with Crippen LogP contribution in [-0.2, 0) is 9.59 Å². The van der Waals surface area contributed by atoms with E-state index in [2.05, 4.69) is 10.4 Å². The number of amides is 2. The molecule has 0 atom stereocenters. The lowest BCUT2D eigenvalue weighted by molar-refractivity contribution is -0.384. The molecule has 9 nitrogen and oxygen atoms in total. The van der Waals surface area contributed by atoms with Crippen LogP contribution in [0.4, 0.5) is 11.4 Å². The average molecular weight is 342 g/mol. The van der Waals surface area contributed by atoms with Gasteiger partial charge in [0.05, 0.1) is 18.2 Å². The number of nitro benzene ring substituents is 1. The van der Waals surface area contributed by atoms with Gasteiger partial charge in [-0.05, 0) is 24.3 Å². The van der Waals surface area contributed by atoms with Gasteiger partial charge in [0.2, 0.25) is 0 Å². The Morgan fingerprint density at radius 1 is 1.16 bits per heavy atom. The zero-order chi connectivity index (χ0) is 18.2. The molecule has 0 spiro atoms. The van der Waals surface area contributed by atoms with Crippen LogP contribution in [0, 0.1) is 10.1 Å². The monoisotopic (exact) mass is 342 g/mol. The Bertz CT molecular complexity index is 818. The van der Waals surface area contributed by atoms with Gasteiger partial charge in [-0.1, -0.05) is 12.1 Å². The first-order valence-electron chi connectivity index (χ1n) is 7.02.